The molecule has 1 aromatic carbocycles. The molecule has 8 heteroatoms. The Morgan fingerprint density at radius 1 is 0.971 bits per heavy atom. The van der Waals surface area contributed by atoms with E-state index in [2.05, 4.69) is 15.2 Å². The number of pyridine rings is 1. The summed E-state index contributed by atoms with van der Waals surface area (Å²) in [6.45, 7) is 4.31. The van der Waals surface area contributed by atoms with Crippen molar-refractivity contribution in [1.82, 2.24) is 25.0 Å². The lowest BCUT2D eigenvalue weighted by molar-refractivity contribution is -0.134. The fraction of sp³-hybridized carbons (Fsp3) is 0.423. The number of amides is 2. The molecule has 2 saturated heterocycles. The van der Waals surface area contributed by atoms with Crippen LogP contribution < -0.4 is 0 Å². The lowest BCUT2D eigenvalue weighted by Crippen LogP contribution is -2.46. The Balaban J connectivity index is 1.30. The molecular formula is C26H29N5O3. The standard InChI is InChI=1S/C26H29N5O3/c1-19-28-29-25(34-19)22-17-31(24(33)14-20-6-3-2-4-7-20)18-26(22)9-12-30(13-10-26)23(32)15-21-8-5-11-27-16-21/h2-8,11,16,22H,9-10,12-15,17-18H2,1H3. The van der Waals surface area contributed by atoms with Crippen LogP contribution in [0.4, 0.5) is 0 Å². The first-order valence-corrected chi connectivity index (χ1v) is 11.8. The van der Waals surface area contributed by atoms with Crippen LogP contribution in [0.5, 0.6) is 0 Å². The molecular weight excluding hydrogens is 430 g/mol. The monoisotopic (exact) mass is 459 g/mol. The van der Waals surface area contributed by atoms with E-state index < -0.39 is 0 Å². The van der Waals surface area contributed by atoms with Crippen molar-refractivity contribution in [3.05, 3.63) is 77.8 Å². The summed E-state index contributed by atoms with van der Waals surface area (Å²) >= 11 is 0. The minimum atomic E-state index is -0.170. The molecule has 0 bridgehead atoms. The fourth-order valence-electron chi connectivity index (χ4n) is 5.33. The number of hydrogen-bond donors (Lipinski definition) is 0. The number of hydrogen-bond acceptors (Lipinski definition) is 6. The summed E-state index contributed by atoms with van der Waals surface area (Å²) in [7, 11) is 0. The third-order valence-corrected chi connectivity index (χ3v) is 7.23. The van der Waals surface area contributed by atoms with Crippen LogP contribution in [0.15, 0.2) is 59.3 Å². The highest BCUT2D eigenvalue weighted by atomic mass is 16.4. The Bertz CT molecular complexity index is 1140. The number of piperidine rings is 1. The van der Waals surface area contributed by atoms with Crippen LogP contribution in [-0.2, 0) is 22.4 Å². The molecule has 0 aliphatic carbocycles. The van der Waals surface area contributed by atoms with E-state index in [0.717, 1.165) is 24.0 Å². The van der Waals surface area contributed by atoms with Gasteiger partial charge in [-0.05, 0) is 30.0 Å². The number of carbonyl (C=O) groups excluding carboxylic acids is 2. The molecule has 34 heavy (non-hydrogen) atoms. The highest BCUT2D eigenvalue weighted by Gasteiger charge is 2.52. The number of rotatable bonds is 5. The summed E-state index contributed by atoms with van der Waals surface area (Å²) in [6, 6.07) is 13.6. The van der Waals surface area contributed by atoms with Crippen molar-refractivity contribution in [2.75, 3.05) is 26.2 Å². The van der Waals surface area contributed by atoms with Crippen LogP contribution in [0.1, 0.15) is 41.7 Å². The maximum Gasteiger partial charge on any atom is 0.227 e. The first-order chi connectivity index (χ1) is 16.5. The third-order valence-electron chi connectivity index (χ3n) is 7.23. The van der Waals surface area contributed by atoms with Gasteiger partial charge in [0.25, 0.3) is 0 Å². The number of benzene rings is 1. The quantitative estimate of drug-likeness (QED) is 0.583. The van der Waals surface area contributed by atoms with E-state index in [1.165, 1.54) is 0 Å². The molecule has 2 aromatic heterocycles. The van der Waals surface area contributed by atoms with Gasteiger partial charge in [0.05, 0.1) is 18.8 Å². The van der Waals surface area contributed by atoms with Gasteiger partial charge in [0.2, 0.25) is 23.6 Å². The van der Waals surface area contributed by atoms with Crippen molar-refractivity contribution in [2.45, 2.75) is 38.5 Å². The van der Waals surface area contributed by atoms with Crippen molar-refractivity contribution in [2.24, 2.45) is 5.41 Å². The van der Waals surface area contributed by atoms with E-state index in [1.54, 1.807) is 19.3 Å². The average Bonchev–Trinajstić information content (AvgIpc) is 3.44. The van der Waals surface area contributed by atoms with E-state index in [4.69, 9.17) is 4.42 Å². The van der Waals surface area contributed by atoms with Crippen LogP contribution in [-0.4, -0.2) is 63.0 Å². The zero-order valence-corrected chi connectivity index (χ0v) is 19.4. The Labute approximate surface area is 199 Å². The second kappa shape index (κ2) is 9.37. The van der Waals surface area contributed by atoms with Gasteiger partial charge in [-0.2, -0.15) is 0 Å². The normalized spacial score (nSPS) is 19.5. The Morgan fingerprint density at radius 2 is 1.68 bits per heavy atom. The molecule has 1 atom stereocenters. The van der Waals surface area contributed by atoms with Gasteiger partial charge < -0.3 is 14.2 Å². The lowest BCUT2D eigenvalue weighted by Gasteiger charge is -2.41. The number of aromatic nitrogens is 3. The van der Waals surface area contributed by atoms with E-state index in [1.807, 2.05) is 52.3 Å². The average molecular weight is 460 g/mol. The van der Waals surface area contributed by atoms with Gasteiger partial charge in [-0.1, -0.05) is 36.4 Å². The minimum Gasteiger partial charge on any atom is -0.425 e. The lowest BCUT2D eigenvalue weighted by atomic mass is 9.70. The summed E-state index contributed by atoms with van der Waals surface area (Å²) in [5, 5.41) is 8.37. The predicted molar refractivity (Wildman–Crippen MR) is 125 cm³/mol. The molecule has 1 spiro atoms. The molecule has 0 radical (unpaired) electrons. The maximum atomic E-state index is 13.2. The molecule has 3 aromatic rings. The summed E-state index contributed by atoms with van der Waals surface area (Å²) < 4.78 is 5.85. The molecule has 2 fully saturated rings. The van der Waals surface area contributed by atoms with E-state index in [-0.39, 0.29) is 23.1 Å². The second-order valence-electron chi connectivity index (χ2n) is 9.43. The van der Waals surface area contributed by atoms with Crippen LogP contribution in [0, 0.1) is 12.3 Å². The molecule has 5 rings (SSSR count). The molecule has 8 nitrogen and oxygen atoms in total. The summed E-state index contributed by atoms with van der Waals surface area (Å²) in [5.74, 6) is 1.33. The summed E-state index contributed by atoms with van der Waals surface area (Å²) in [6.07, 6.45) is 5.78. The van der Waals surface area contributed by atoms with Crippen molar-refractivity contribution in [1.29, 1.82) is 0 Å². The van der Waals surface area contributed by atoms with Crippen LogP contribution in [0.2, 0.25) is 0 Å². The zero-order valence-electron chi connectivity index (χ0n) is 19.4. The van der Waals surface area contributed by atoms with Gasteiger partial charge in [0, 0.05) is 50.9 Å². The van der Waals surface area contributed by atoms with Crippen LogP contribution >= 0.6 is 0 Å². The Hall–Kier alpha value is -3.55. The smallest absolute Gasteiger partial charge is 0.227 e. The molecule has 0 N–H and O–H groups in total. The molecule has 4 heterocycles. The minimum absolute atomic E-state index is 0.0241. The summed E-state index contributed by atoms with van der Waals surface area (Å²) in [5.41, 5.74) is 1.76. The fourth-order valence-corrected chi connectivity index (χ4v) is 5.33. The van der Waals surface area contributed by atoms with Gasteiger partial charge in [-0.25, -0.2) is 0 Å². The largest absolute Gasteiger partial charge is 0.425 e. The topological polar surface area (TPSA) is 92.4 Å². The third kappa shape index (κ3) is 4.58. The van der Waals surface area contributed by atoms with Gasteiger partial charge >= 0.3 is 0 Å². The number of likely N-dealkylation sites (tertiary alicyclic amines) is 2. The first-order valence-electron chi connectivity index (χ1n) is 11.8. The first kappa shape index (κ1) is 22.3. The number of carbonyl (C=O) groups is 2. The Morgan fingerprint density at radius 3 is 2.35 bits per heavy atom. The van der Waals surface area contributed by atoms with Gasteiger partial charge in [-0.15, -0.1) is 10.2 Å². The highest BCUT2D eigenvalue weighted by molar-refractivity contribution is 5.80. The number of aryl methyl sites for hydroxylation is 1. The van der Waals surface area contributed by atoms with Crippen molar-refractivity contribution < 1.29 is 14.0 Å². The Kier molecular flexibility index (Phi) is 6.13. The SMILES string of the molecule is Cc1nnc(C2CN(C(=O)Cc3ccccc3)CC23CCN(C(=O)Cc2cccnc2)CC3)o1. The van der Waals surface area contributed by atoms with Crippen molar-refractivity contribution in [3.63, 3.8) is 0 Å². The molecule has 2 aliphatic heterocycles. The molecule has 2 aliphatic rings. The molecule has 2 amide bonds. The number of nitrogens with zero attached hydrogens (tertiary/aromatic N) is 5. The highest BCUT2D eigenvalue weighted by Crippen LogP contribution is 2.49. The van der Waals surface area contributed by atoms with Crippen molar-refractivity contribution in [3.8, 4) is 0 Å². The van der Waals surface area contributed by atoms with Gasteiger partial charge in [-0.3, -0.25) is 14.6 Å². The van der Waals surface area contributed by atoms with Crippen LogP contribution in [0.3, 0.4) is 0 Å². The van der Waals surface area contributed by atoms with E-state index >= 15 is 0 Å². The zero-order chi connectivity index (χ0) is 23.5. The van der Waals surface area contributed by atoms with Crippen LogP contribution in [0.25, 0.3) is 0 Å². The van der Waals surface area contributed by atoms with Gasteiger partial charge in [0.15, 0.2) is 0 Å². The molecule has 1 unspecified atom stereocenters. The molecule has 0 saturated carbocycles. The van der Waals surface area contributed by atoms with Crippen molar-refractivity contribution >= 4 is 11.8 Å². The second-order valence-corrected chi connectivity index (χ2v) is 9.43. The predicted octanol–water partition coefficient (Wildman–Crippen LogP) is 2.79. The maximum absolute atomic E-state index is 13.2. The summed E-state index contributed by atoms with van der Waals surface area (Å²) in [4.78, 5) is 34.1. The van der Waals surface area contributed by atoms with E-state index in [0.29, 0.717) is 50.8 Å². The van der Waals surface area contributed by atoms with E-state index in [9.17, 15) is 9.59 Å². The molecule has 176 valence electrons. The van der Waals surface area contributed by atoms with Gasteiger partial charge in [0.1, 0.15) is 0 Å².